The van der Waals surface area contributed by atoms with Crippen molar-refractivity contribution in [3.05, 3.63) is 99.3 Å². The van der Waals surface area contributed by atoms with Crippen molar-refractivity contribution in [2.45, 2.75) is 12.7 Å². The van der Waals surface area contributed by atoms with E-state index in [4.69, 9.17) is 32.7 Å². The molecule has 0 spiro atoms. The van der Waals surface area contributed by atoms with Crippen molar-refractivity contribution in [3.8, 4) is 0 Å². The van der Waals surface area contributed by atoms with Gasteiger partial charge in [-0.1, -0.05) is 47.5 Å². The van der Waals surface area contributed by atoms with Gasteiger partial charge in [-0.3, -0.25) is 9.69 Å². The number of esters is 1. The number of ether oxygens (including phenoxy) is 2. The summed E-state index contributed by atoms with van der Waals surface area (Å²) >= 11 is 11.9. The van der Waals surface area contributed by atoms with Crippen molar-refractivity contribution < 1.29 is 19.1 Å². The molecule has 1 aromatic heterocycles. The van der Waals surface area contributed by atoms with Crippen LogP contribution in [0, 0.1) is 0 Å². The lowest BCUT2D eigenvalue weighted by atomic mass is 10.1. The average Bonchev–Trinajstić information content (AvgIpc) is 2.92. The lowest BCUT2D eigenvalue weighted by molar-refractivity contribution is 0.00340. The SMILES string of the molecule is COC(=O)c1ccc(CO[C@@H](CN2CCN(C(=O)c3ccc(Cl)nc3)CC2)c2ccc(Cl)cc2)cc1. The van der Waals surface area contributed by atoms with Crippen molar-refractivity contribution in [1.82, 2.24) is 14.8 Å². The van der Waals surface area contributed by atoms with Crippen molar-refractivity contribution >= 4 is 35.1 Å². The fraction of sp³-hybridized carbons (Fsp3) is 0.296. The standard InChI is InChI=1S/C27H27Cl2N3O4/c1-35-27(34)21-4-2-19(3-5-21)18-36-24(20-6-9-23(28)10-7-20)17-31-12-14-32(15-13-31)26(33)22-8-11-25(29)30-16-22/h2-11,16,24H,12-15,17-18H2,1H3/t24-/m0/s1. The predicted octanol–water partition coefficient (Wildman–Crippen LogP) is 4.89. The lowest BCUT2D eigenvalue weighted by Gasteiger charge is -2.36. The molecule has 1 aliphatic heterocycles. The van der Waals surface area contributed by atoms with E-state index in [0.29, 0.717) is 47.5 Å². The fourth-order valence-electron chi connectivity index (χ4n) is 4.04. The van der Waals surface area contributed by atoms with E-state index < -0.39 is 0 Å². The molecule has 0 N–H and O–H groups in total. The minimum absolute atomic E-state index is 0.0419. The molecule has 188 valence electrons. The molecule has 1 atom stereocenters. The van der Waals surface area contributed by atoms with Gasteiger partial charge in [-0.2, -0.15) is 0 Å². The number of halogens is 2. The van der Waals surface area contributed by atoms with Crippen LogP contribution in [0.4, 0.5) is 0 Å². The molecule has 1 fully saturated rings. The maximum atomic E-state index is 12.8. The number of nitrogens with zero attached hydrogens (tertiary/aromatic N) is 3. The summed E-state index contributed by atoms with van der Waals surface area (Å²) in [5.41, 5.74) is 3.01. The van der Waals surface area contributed by atoms with Gasteiger partial charge in [0.15, 0.2) is 0 Å². The molecular weight excluding hydrogens is 501 g/mol. The van der Waals surface area contributed by atoms with E-state index in [1.165, 1.54) is 13.3 Å². The van der Waals surface area contributed by atoms with Gasteiger partial charge in [0, 0.05) is 43.9 Å². The summed E-state index contributed by atoms with van der Waals surface area (Å²) < 4.78 is 11.1. The zero-order chi connectivity index (χ0) is 25.5. The van der Waals surface area contributed by atoms with E-state index in [0.717, 1.165) is 24.2 Å². The third-order valence-electron chi connectivity index (χ3n) is 6.13. The Hall–Kier alpha value is -2.97. The molecule has 2 heterocycles. The molecule has 36 heavy (non-hydrogen) atoms. The summed E-state index contributed by atoms with van der Waals surface area (Å²) in [6, 6.07) is 18.2. The van der Waals surface area contributed by atoms with Crippen LogP contribution in [0.5, 0.6) is 0 Å². The van der Waals surface area contributed by atoms with E-state index in [9.17, 15) is 9.59 Å². The number of carbonyl (C=O) groups is 2. The number of aromatic nitrogens is 1. The molecule has 0 bridgehead atoms. The molecule has 0 radical (unpaired) electrons. The highest BCUT2D eigenvalue weighted by atomic mass is 35.5. The van der Waals surface area contributed by atoms with E-state index in [2.05, 4.69) is 9.88 Å². The van der Waals surface area contributed by atoms with Crippen molar-refractivity contribution in [1.29, 1.82) is 0 Å². The predicted molar refractivity (Wildman–Crippen MR) is 138 cm³/mol. The second kappa shape index (κ2) is 12.3. The molecule has 2 aromatic carbocycles. The maximum Gasteiger partial charge on any atom is 0.337 e. The normalized spacial score (nSPS) is 14.9. The Morgan fingerprint density at radius 1 is 0.917 bits per heavy atom. The number of pyridine rings is 1. The first-order chi connectivity index (χ1) is 17.4. The van der Waals surface area contributed by atoms with Gasteiger partial charge in [-0.05, 0) is 47.5 Å². The summed E-state index contributed by atoms with van der Waals surface area (Å²) in [4.78, 5) is 32.6. The Bertz CT molecular complexity index is 1160. The van der Waals surface area contributed by atoms with E-state index in [1.54, 1.807) is 24.3 Å². The first-order valence-corrected chi connectivity index (χ1v) is 12.4. The Labute approximate surface area is 220 Å². The number of hydrogen-bond acceptors (Lipinski definition) is 6. The first kappa shape index (κ1) is 26.1. The molecular formula is C27H27Cl2N3O4. The van der Waals surface area contributed by atoms with Crippen LogP contribution in [0.15, 0.2) is 66.9 Å². The largest absolute Gasteiger partial charge is 0.465 e. The minimum atomic E-state index is -0.369. The molecule has 9 heteroatoms. The van der Waals surface area contributed by atoms with Crippen molar-refractivity contribution in [2.75, 3.05) is 39.8 Å². The van der Waals surface area contributed by atoms with Gasteiger partial charge in [0.2, 0.25) is 0 Å². The zero-order valence-electron chi connectivity index (χ0n) is 19.9. The van der Waals surface area contributed by atoms with Gasteiger partial charge >= 0.3 is 5.97 Å². The van der Waals surface area contributed by atoms with Crippen LogP contribution in [-0.2, 0) is 16.1 Å². The van der Waals surface area contributed by atoms with Crippen LogP contribution in [0.3, 0.4) is 0 Å². The summed E-state index contributed by atoms with van der Waals surface area (Å²) in [5.74, 6) is -0.411. The third kappa shape index (κ3) is 6.83. The number of amides is 1. The van der Waals surface area contributed by atoms with Crippen molar-refractivity contribution in [3.63, 3.8) is 0 Å². The summed E-state index contributed by atoms with van der Waals surface area (Å²) in [7, 11) is 1.36. The highest BCUT2D eigenvalue weighted by Crippen LogP contribution is 2.24. The average molecular weight is 528 g/mol. The molecule has 3 aromatic rings. The number of rotatable bonds is 8. The molecule has 4 rings (SSSR count). The van der Waals surface area contributed by atoms with Gasteiger partial charge in [0.1, 0.15) is 5.15 Å². The molecule has 0 unspecified atom stereocenters. The fourth-order valence-corrected chi connectivity index (χ4v) is 4.27. The van der Waals surface area contributed by atoms with Gasteiger partial charge in [-0.15, -0.1) is 0 Å². The van der Waals surface area contributed by atoms with Crippen LogP contribution in [-0.4, -0.2) is 66.5 Å². The van der Waals surface area contributed by atoms with Crippen molar-refractivity contribution in [2.24, 2.45) is 0 Å². The summed E-state index contributed by atoms with van der Waals surface area (Å²) in [6.07, 6.45) is 1.32. The van der Waals surface area contributed by atoms with E-state index in [-0.39, 0.29) is 18.0 Å². The number of methoxy groups -OCH3 is 1. The number of hydrogen-bond donors (Lipinski definition) is 0. The molecule has 1 aliphatic rings. The van der Waals surface area contributed by atoms with E-state index in [1.807, 2.05) is 41.3 Å². The molecule has 7 nitrogen and oxygen atoms in total. The van der Waals surface area contributed by atoms with Crippen LogP contribution < -0.4 is 0 Å². The maximum absolute atomic E-state index is 12.8. The lowest BCUT2D eigenvalue weighted by Crippen LogP contribution is -2.49. The van der Waals surface area contributed by atoms with Gasteiger partial charge in [0.05, 0.1) is 30.9 Å². The molecule has 1 amide bonds. The van der Waals surface area contributed by atoms with Crippen LogP contribution in [0.25, 0.3) is 0 Å². The summed E-state index contributed by atoms with van der Waals surface area (Å²) in [6.45, 7) is 3.75. The van der Waals surface area contributed by atoms with Gasteiger partial charge < -0.3 is 14.4 Å². The second-order valence-electron chi connectivity index (χ2n) is 8.50. The third-order valence-corrected chi connectivity index (χ3v) is 6.60. The monoisotopic (exact) mass is 527 g/mol. The zero-order valence-corrected chi connectivity index (χ0v) is 21.4. The number of benzene rings is 2. The molecule has 0 aliphatic carbocycles. The Balaban J connectivity index is 1.37. The Morgan fingerprint density at radius 3 is 2.19 bits per heavy atom. The highest BCUT2D eigenvalue weighted by molar-refractivity contribution is 6.30. The summed E-state index contributed by atoms with van der Waals surface area (Å²) in [5, 5.41) is 1.03. The van der Waals surface area contributed by atoms with Crippen LogP contribution in [0.1, 0.15) is 37.9 Å². The number of piperazine rings is 1. The quantitative estimate of drug-likeness (QED) is 0.306. The Morgan fingerprint density at radius 2 is 1.58 bits per heavy atom. The van der Waals surface area contributed by atoms with Gasteiger partial charge in [0.25, 0.3) is 5.91 Å². The topological polar surface area (TPSA) is 72.0 Å². The molecule has 0 saturated carbocycles. The van der Waals surface area contributed by atoms with Crippen LogP contribution in [0.2, 0.25) is 10.2 Å². The van der Waals surface area contributed by atoms with Crippen LogP contribution >= 0.6 is 23.2 Å². The Kier molecular flexibility index (Phi) is 8.93. The second-order valence-corrected chi connectivity index (χ2v) is 9.33. The highest BCUT2D eigenvalue weighted by Gasteiger charge is 2.25. The molecule has 1 saturated heterocycles. The van der Waals surface area contributed by atoms with E-state index >= 15 is 0 Å². The first-order valence-electron chi connectivity index (χ1n) is 11.6. The van der Waals surface area contributed by atoms with Gasteiger partial charge in [-0.25, -0.2) is 9.78 Å². The number of carbonyl (C=O) groups excluding carboxylic acids is 2. The minimum Gasteiger partial charge on any atom is -0.465 e. The smallest absolute Gasteiger partial charge is 0.337 e.